The van der Waals surface area contributed by atoms with E-state index in [-0.39, 0.29) is 18.4 Å². The number of rotatable bonds is 1. The molecule has 2 aliphatic heterocycles. The standard InChI is InChI=1S/C14H18ClN3O.ClH/c15-11-2-1-3-12(8-11)17-13(19)18-7-5-14(10-18)4-6-16-9-14;/h1-3,8,16H,4-7,9-10H2,(H,17,19);1H. The van der Waals surface area contributed by atoms with Gasteiger partial charge in [-0.2, -0.15) is 0 Å². The van der Waals surface area contributed by atoms with E-state index in [2.05, 4.69) is 10.6 Å². The van der Waals surface area contributed by atoms with E-state index in [9.17, 15) is 4.79 Å². The third-order valence-corrected chi connectivity index (χ3v) is 4.37. The first-order valence-corrected chi connectivity index (χ1v) is 7.07. The lowest BCUT2D eigenvalue weighted by Crippen LogP contribution is -2.36. The third-order valence-electron chi connectivity index (χ3n) is 4.13. The van der Waals surface area contributed by atoms with Gasteiger partial charge in [0.15, 0.2) is 0 Å². The highest BCUT2D eigenvalue weighted by molar-refractivity contribution is 6.30. The van der Waals surface area contributed by atoms with Gasteiger partial charge < -0.3 is 15.5 Å². The Morgan fingerprint density at radius 3 is 2.95 bits per heavy atom. The highest BCUT2D eigenvalue weighted by atomic mass is 35.5. The number of nitrogens with zero attached hydrogens (tertiary/aromatic N) is 1. The van der Waals surface area contributed by atoms with Crippen LogP contribution in [0.15, 0.2) is 24.3 Å². The van der Waals surface area contributed by atoms with Gasteiger partial charge in [0.2, 0.25) is 0 Å². The summed E-state index contributed by atoms with van der Waals surface area (Å²) in [7, 11) is 0. The summed E-state index contributed by atoms with van der Waals surface area (Å²) in [4.78, 5) is 14.1. The van der Waals surface area contributed by atoms with Gasteiger partial charge in [0, 0.05) is 35.8 Å². The Bertz CT molecular complexity index is 489. The normalized spacial score (nSPS) is 24.8. The molecule has 1 atom stereocenters. The van der Waals surface area contributed by atoms with Crippen molar-refractivity contribution in [2.45, 2.75) is 12.8 Å². The molecule has 2 saturated heterocycles. The van der Waals surface area contributed by atoms with Crippen LogP contribution in [0.4, 0.5) is 10.5 Å². The summed E-state index contributed by atoms with van der Waals surface area (Å²) < 4.78 is 0. The molecule has 1 spiro atoms. The maximum absolute atomic E-state index is 12.2. The lowest BCUT2D eigenvalue weighted by atomic mass is 9.87. The van der Waals surface area contributed by atoms with Crippen molar-refractivity contribution < 1.29 is 4.79 Å². The fourth-order valence-corrected chi connectivity index (χ4v) is 3.21. The first kappa shape index (κ1) is 15.4. The van der Waals surface area contributed by atoms with Gasteiger partial charge >= 0.3 is 6.03 Å². The van der Waals surface area contributed by atoms with Crippen molar-refractivity contribution in [3.05, 3.63) is 29.3 Å². The second kappa shape index (κ2) is 6.20. The van der Waals surface area contributed by atoms with Gasteiger partial charge in [0.25, 0.3) is 0 Å². The molecular weight excluding hydrogens is 297 g/mol. The van der Waals surface area contributed by atoms with E-state index in [4.69, 9.17) is 11.6 Å². The van der Waals surface area contributed by atoms with Crippen LogP contribution in [0.5, 0.6) is 0 Å². The Hall–Kier alpha value is -0.970. The number of hydrogen-bond donors (Lipinski definition) is 2. The predicted octanol–water partition coefficient (Wildman–Crippen LogP) is 2.98. The van der Waals surface area contributed by atoms with Crippen LogP contribution in [0.1, 0.15) is 12.8 Å². The molecule has 1 aromatic rings. The topological polar surface area (TPSA) is 44.4 Å². The summed E-state index contributed by atoms with van der Waals surface area (Å²) in [5, 5.41) is 6.94. The number of carbonyl (C=O) groups is 1. The van der Waals surface area contributed by atoms with Crippen molar-refractivity contribution in [1.29, 1.82) is 0 Å². The zero-order valence-electron chi connectivity index (χ0n) is 11.2. The molecule has 2 fully saturated rings. The number of urea groups is 1. The van der Waals surface area contributed by atoms with Crippen LogP contribution >= 0.6 is 24.0 Å². The van der Waals surface area contributed by atoms with Gasteiger partial charge in [-0.25, -0.2) is 4.79 Å². The van der Waals surface area contributed by atoms with Gasteiger partial charge in [-0.3, -0.25) is 0 Å². The summed E-state index contributed by atoms with van der Waals surface area (Å²) >= 11 is 5.91. The Labute approximate surface area is 130 Å². The number of amides is 2. The van der Waals surface area contributed by atoms with E-state index < -0.39 is 0 Å². The average Bonchev–Trinajstić information content (AvgIpc) is 3.00. The Kier molecular flexibility index (Phi) is 4.78. The minimum absolute atomic E-state index is 0. The highest BCUT2D eigenvalue weighted by Gasteiger charge is 2.41. The lowest BCUT2D eigenvalue weighted by Gasteiger charge is -2.23. The van der Waals surface area contributed by atoms with Crippen molar-refractivity contribution in [2.24, 2.45) is 5.41 Å². The van der Waals surface area contributed by atoms with Crippen LogP contribution in [-0.2, 0) is 0 Å². The smallest absolute Gasteiger partial charge is 0.321 e. The highest BCUT2D eigenvalue weighted by Crippen LogP contribution is 2.36. The molecule has 4 nitrogen and oxygen atoms in total. The molecule has 2 amide bonds. The molecule has 2 N–H and O–H groups in total. The maximum atomic E-state index is 12.2. The second-order valence-corrected chi connectivity index (χ2v) is 5.98. The van der Waals surface area contributed by atoms with E-state index in [1.165, 1.54) is 6.42 Å². The average molecular weight is 316 g/mol. The summed E-state index contributed by atoms with van der Waals surface area (Å²) in [6, 6.07) is 7.23. The first-order chi connectivity index (χ1) is 9.17. The van der Waals surface area contributed by atoms with Crippen molar-refractivity contribution in [3.8, 4) is 0 Å². The maximum Gasteiger partial charge on any atom is 0.321 e. The van der Waals surface area contributed by atoms with Gasteiger partial charge in [-0.1, -0.05) is 17.7 Å². The van der Waals surface area contributed by atoms with Gasteiger partial charge in [-0.05, 0) is 37.6 Å². The molecule has 0 aromatic heterocycles. The predicted molar refractivity (Wildman–Crippen MR) is 83.8 cm³/mol. The summed E-state index contributed by atoms with van der Waals surface area (Å²) in [5.41, 5.74) is 1.06. The number of likely N-dealkylation sites (tertiary alicyclic amines) is 1. The number of carbonyl (C=O) groups excluding carboxylic acids is 1. The molecule has 0 bridgehead atoms. The van der Waals surface area contributed by atoms with Crippen LogP contribution in [0.3, 0.4) is 0 Å². The summed E-state index contributed by atoms with van der Waals surface area (Å²) in [6.45, 7) is 3.80. The molecule has 3 rings (SSSR count). The fourth-order valence-electron chi connectivity index (χ4n) is 3.02. The Balaban J connectivity index is 0.00000147. The minimum Gasteiger partial charge on any atom is -0.324 e. The molecule has 2 aliphatic rings. The first-order valence-electron chi connectivity index (χ1n) is 6.69. The molecule has 1 unspecified atom stereocenters. The van der Waals surface area contributed by atoms with Crippen LogP contribution in [0, 0.1) is 5.41 Å². The van der Waals surface area contributed by atoms with Gasteiger partial charge in [-0.15, -0.1) is 12.4 Å². The van der Waals surface area contributed by atoms with Crippen LogP contribution < -0.4 is 10.6 Å². The molecule has 0 saturated carbocycles. The van der Waals surface area contributed by atoms with Crippen LogP contribution in [0.2, 0.25) is 5.02 Å². The number of nitrogens with one attached hydrogen (secondary N) is 2. The van der Waals surface area contributed by atoms with Gasteiger partial charge in [0.1, 0.15) is 0 Å². The largest absolute Gasteiger partial charge is 0.324 e. The fraction of sp³-hybridized carbons (Fsp3) is 0.500. The van der Waals surface area contributed by atoms with Crippen molar-refractivity contribution in [1.82, 2.24) is 10.2 Å². The molecule has 0 radical (unpaired) electrons. The summed E-state index contributed by atoms with van der Waals surface area (Å²) in [5.74, 6) is 0. The second-order valence-electron chi connectivity index (χ2n) is 5.54. The van der Waals surface area contributed by atoms with Crippen molar-refractivity contribution in [2.75, 3.05) is 31.5 Å². The Morgan fingerprint density at radius 2 is 2.25 bits per heavy atom. The quantitative estimate of drug-likeness (QED) is 0.836. The van der Waals surface area contributed by atoms with E-state index in [1.807, 2.05) is 17.0 Å². The van der Waals surface area contributed by atoms with Crippen LogP contribution in [0.25, 0.3) is 0 Å². The monoisotopic (exact) mass is 315 g/mol. The SMILES string of the molecule is Cl.O=C(Nc1cccc(Cl)c1)N1CCC2(CCNC2)C1. The molecule has 1 aromatic carbocycles. The molecule has 2 heterocycles. The molecule has 0 aliphatic carbocycles. The van der Waals surface area contributed by atoms with Crippen LogP contribution in [-0.4, -0.2) is 37.1 Å². The summed E-state index contributed by atoms with van der Waals surface area (Å²) in [6.07, 6.45) is 2.27. The third kappa shape index (κ3) is 3.19. The van der Waals surface area contributed by atoms with E-state index in [0.717, 1.165) is 38.3 Å². The zero-order chi connectivity index (χ0) is 13.3. The van der Waals surface area contributed by atoms with E-state index in [0.29, 0.717) is 10.4 Å². The number of halogens is 2. The minimum atomic E-state index is -0.0222. The zero-order valence-corrected chi connectivity index (χ0v) is 12.8. The Morgan fingerprint density at radius 1 is 1.40 bits per heavy atom. The molecule has 110 valence electrons. The number of hydrogen-bond acceptors (Lipinski definition) is 2. The van der Waals surface area contributed by atoms with E-state index >= 15 is 0 Å². The molecule has 20 heavy (non-hydrogen) atoms. The number of benzene rings is 1. The van der Waals surface area contributed by atoms with Gasteiger partial charge in [0.05, 0.1) is 0 Å². The number of anilines is 1. The van der Waals surface area contributed by atoms with Crippen molar-refractivity contribution >= 4 is 35.7 Å². The molecule has 6 heteroatoms. The van der Waals surface area contributed by atoms with E-state index in [1.54, 1.807) is 12.1 Å². The van der Waals surface area contributed by atoms with Crippen molar-refractivity contribution in [3.63, 3.8) is 0 Å². The molecular formula is C14H19Cl2N3O. The lowest BCUT2D eigenvalue weighted by molar-refractivity contribution is 0.215.